The summed E-state index contributed by atoms with van der Waals surface area (Å²) in [6, 6.07) is 10.1. The Labute approximate surface area is 372 Å². The van der Waals surface area contributed by atoms with Crippen LogP contribution in [0.3, 0.4) is 0 Å². The van der Waals surface area contributed by atoms with Crippen LogP contribution in [-0.4, -0.2) is 147 Å². The third-order valence-electron chi connectivity index (χ3n) is 12.7. The lowest BCUT2D eigenvalue weighted by molar-refractivity contribution is -0.136. The average Bonchev–Trinajstić information content (AvgIpc) is 3.29. The van der Waals surface area contributed by atoms with Crippen molar-refractivity contribution < 1.29 is 38.2 Å². The number of imide groups is 1. The van der Waals surface area contributed by atoms with Crippen molar-refractivity contribution >= 4 is 46.4 Å². The third kappa shape index (κ3) is 10.1. The van der Waals surface area contributed by atoms with Gasteiger partial charge in [0.2, 0.25) is 17.7 Å². The minimum atomic E-state index is -0.779. The van der Waals surface area contributed by atoms with E-state index in [0.29, 0.717) is 42.9 Å². The minimum Gasteiger partial charge on any atom is -0.496 e. The molecule has 17 nitrogen and oxygen atoms in total. The van der Waals surface area contributed by atoms with Crippen LogP contribution in [0.15, 0.2) is 59.8 Å². The number of likely N-dealkylation sites (N-methyl/N-ethyl adjacent to an activating group) is 2. The number of hydrogen-bond acceptors (Lipinski definition) is 13. The second-order valence-corrected chi connectivity index (χ2v) is 17.0. The fourth-order valence-electron chi connectivity index (χ4n) is 9.16. The van der Waals surface area contributed by atoms with E-state index in [9.17, 15) is 28.8 Å². The Morgan fingerprint density at radius 1 is 1.02 bits per heavy atom. The molecule has 0 aliphatic carbocycles. The molecule has 17 heteroatoms. The molecule has 1 unspecified atom stereocenters. The van der Waals surface area contributed by atoms with Crippen LogP contribution in [0.5, 0.6) is 11.5 Å². The van der Waals surface area contributed by atoms with Gasteiger partial charge in [0.05, 0.1) is 49.5 Å². The van der Waals surface area contributed by atoms with E-state index in [-0.39, 0.29) is 53.5 Å². The summed E-state index contributed by atoms with van der Waals surface area (Å²) < 4.78 is 19.6. The molecule has 340 valence electrons. The van der Waals surface area contributed by atoms with E-state index in [0.717, 1.165) is 86.2 Å². The molecule has 64 heavy (non-hydrogen) atoms. The highest BCUT2D eigenvalue weighted by molar-refractivity contribution is 6.06. The van der Waals surface area contributed by atoms with Crippen LogP contribution in [-0.2, 0) is 32.7 Å². The van der Waals surface area contributed by atoms with Gasteiger partial charge in [-0.05, 0) is 93.0 Å². The van der Waals surface area contributed by atoms with Crippen LogP contribution in [0.25, 0.3) is 21.9 Å². The Kier molecular flexibility index (Phi) is 14.4. The predicted octanol–water partition coefficient (Wildman–Crippen LogP) is 3.01. The van der Waals surface area contributed by atoms with Gasteiger partial charge in [0.15, 0.2) is 6.29 Å². The van der Waals surface area contributed by atoms with Crippen LogP contribution in [0.4, 0.5) is 5.69 Å². The zero-order chi connectivity index (χ0) is 45.5. The number of unbranched alkanes of at least 4 members (excludes halogenated alkanes) is 1. The van der Waals surface area contributed by atoms with Crippen LogP contribution < -0.4 is 30.6 Å². The van der Waals surface area contributed by atoms with Gasteiger partial charge in [0, 0.05) is 95.2 Å². The number of anilines is 1. The maximum Gasteiger partial charge on any atom is 0.259 e. The fraction of sp³-hybridized carbons (Fsp3) is 0.468. The number of rotatable bonds is 16. The number of aryl methyl sites for hydroxylation is 1. The molecule has 0 radical (unpaired) electrons. The Balaban J connectivity index is 0.853. The number of carbonyl (C=O) groups is 5. The lowest BCUT2D eigenvalue weighted by Crippen LogP contribution is -2.57. The number of aromatic nitrogens is 2. The van der Waals surface area contributed by atoms with Crippen molar-refractivity contribution in [3.05, 3.63) is 82.0 Å². The largest absolute Gasteiger partial charge is 0.496 e. The van der Waals surface area contributed by atoms with Gasteiger partial charge in [-0.2, -0.15) is 0 Å². The smallest absolute Gasteiger partial charge is 0.259 e. The number of nitrogens with one attached hydrogen (secondary N) is 2. The maximum atomic E-state index is 13.4. The molecule has 0 bridgehead atoms. The molecule has 3 saturated heterocycles. The number of morpholine rings is 1. The van der Waals surface area contributed by atoms with Crippen molar-refractivity contribution in [3.8, 4) is 22.6 Å². The third-order valence-corrected chi connectivity index (χ3v) is 12.7. The van der Waals surface area contributed by atoms with E-state index < -0.39 is 17.9 Å². The van der Waals surface area contributed by atoms with Crippen LogP contribution >= 0.6 is 0 Å². The normalized spacial score (nSPS) is 17.7. The molecular formula is C47H58N8O9. The number of pyridine rings is 2. The summed E-state index contributed by atoms with van der Waals surface area (Å²) in [4.78, 5) is 87.3. The van der Waals surface area contributed by atoms with Gasteiger partial charge in [-0.3, -0.25) is 48.9 Å². The maximum absolute atomic E-state index is 13.4. The van der Waals surface area contributed by atoms with E-state index in [1.807, 2.05) is 36.2 Å². The predicted molar refractivity (Wildman–Crippen MR) is 241 cm³/mol. The summed E-state index contributed by atoms with van der Waals surface area (Å²) in [5.41, 5.74) is 3.40. The van der Waals surface area contributed by atoms with Crippen LogP contribution in [0.1, 0.15) is 64.8 Å². The number of methoxy groups -OCH3 is 2. The zero-order valence-electron chi connectivity index (χ0n) is 37.3. The number of aldehydes is 1. The first-order valence-corrected chi connectivity index (χ1v) is 21.8. The number of fused-ring (bicyclic) bond motifs is 1. The number of ether oxygens (including phenoxy) is 3. The fourth-order valence-corrected chi connectivity index (χ4v) is 9.16. The van der Waals surface area contributed by atoms with Gasteiger partial charge in [-0.25, -0.2) is 0 Å². The van der Waals surface area contributed by atoms with Gasteiger partial charge < -0.3 is 33.9 Å². The molecule has 5 heterocycles. The van der Waals surface area contributed by atoms with Gasteiger partial charge in [0.25, 0.3) is 11.5 Å². The van der Waals surface area contributed by atoms with Gasteiger partial charge >= 0.3 is 0 Å². The zero-order valence-corrected chi connectivity index (χ0v) is 37.3. The number of nitrogens with zero attached hydrogens (tertiary/aromatic N) is 6. The summed E-state index contributed by atoms with van der Waals surface area (Å²) in [7, 11) is 8.32. The average molecular weight is 879 g/mol. The highest BCUT2D eigenvalue weighted by Gasteiger charge is 2.40. The molecule has 0 saturated carbocycles. The molecule has 4 aromatic rings. The van der Waals surface area contributed by atoms with Crippen molar-refractivity contribution in [3.63, 3.8) is 0 Å². The van der Waals surface area contributed by atoms with Crippen molar-refractivity contribution in [2.45, 2.75) is 56.7 Å². The molecule has 2 N–H and O–H groups in total. The first-order valence-electron chi connectivity index (χ1n) is 21.8. The van der Waals surface area contributed by atoms with E-state index in [2.05, 4.69) is 25.4 Å². The molecular weight excluding hydrogens is 821 g/mol. The Hall–Kier alpha value is -6.17. The summed E-state index contributed by atoms with van der Waals surface area (Å²) in [6.45, 7) is 5.85. The van der Waals surface area contributed by atoms with Crippen molar-refractivity contribution in [2.24, 2.45) is 7.05 Å². The summed E-state index contributed by atoms with van der Waals surface area (Å²) in [5, 5.41) is 6.66. The number of benzene rings is 2. The summed E-state index contributed by atoms with van der Waals surface area (Å²) >= 11 is 0. The second-order valence-electron chi connectivity index (χ2n) is 17.0. The topological polar surface area (TPSA) is 185 Å². The quantitative estimate of drug-likeness (QED) is 0.0953. The van der Waals surface area contributed by atoms with Crippen LogP contribution in [0.2, 0.25) is 0 Å². The Bertz CT molecular complexity index is 2440. The molecule has 3 aliphatic rings. The Morgan fingerprint density at radius 2 is 1.77 bits per heavy atom. The lowest BCUT2D eigenvalue weighted by Gasteiger charge is -2.48. The van der Waals surface area contributed by atoms with E-state index in [1.54, 1.807) is 56.6 Å². The SMILES string of the molecule is COc1cc(-c2cn(C)c(=O)c3cnccc23)cc(OC)c1CN(C)CC(=O)NCCCCN1CCOC2(CCN(c3ccc(C(=O)N(C)C4CCC(=O)NC4=O)c(C=O)c3)CC2)C1. The number of piperidine rings is 2. The van der Waals surface area contributed by atoms with Crippen molar-refractivity contribution in [2.75, 3.05) is 85.6 Å². The number of carbonyl (C=O) groups excluding carboxylic acids is 5. The minimum absolute atomic E-state index is 0.0690. The number of amides is 4. The monoisotopic (exact) mass is 878 g/mol. The highest BCUT2D eigenvalue weighted by Crippen LogP contribution is 2.38. The highest BCUT2D eigenvalue weighted by atomic mass is 16.5. The molecule has 4 amide bonds. The van der Waals surface area contributed by atoms with E-state index in [1.165, 1.54) is 11.9 Å². The first-order chi connectivity index (χ1) is 30.8. The number of hydrogen-bond donors (Lipinski definition) is 2. The lowest BCUT2D eigenvalue weighted by atomic mass is 9.88. The molecule has 2 aromatic carbocycles. The summed E-state index contributed by atoms with van der Waals surface area (Å²) in [6.07, 6.45) is 9.50. The van der Waals surface area contributed by atoms with E-state index >= 15 is 0 Å². The van der Waals surface area contributed by atoms with Gasteiger partial charge in [0.1, 0.15) is 17.5 Å². The Morgan fingerprint density at radius 3 is 2.47 bits per heavy atom. The summed E-state index contributed by atoms with van der Waals surface area (Å²) in [5.74, 6) is -0.166. The van der Waals surface area contributed by atoms with E-state index in [4.69, 9.17) is 14.2 Å². The standard InChI is InChI=1S/C47H58N8O9/c1-51(26-38-40(62-4)23-31(24-41(38)63-5)37-27-52(2)45(60)36-25-48-16-12-35(36)37)28-43(58)49-15-6-7-17-54-20-21-64-47(30-54)13-18-55(19-14-47)33-8-9-34(32(22-33)29-56)46(61)53(3)39-10-11-42(57)50-44(39)59/h8-9,12,16,22-25,27,29,39H,6-7,10-11,13-15,17-21,26,28,30H2,1-5H3,(H,49,58)(H,50,57,59). The molecule has 7 rings (SSSR count). The molecule has 3 fully saturated rings. The van der Waals surface area contributed by atoms with Gasteiger partial charge in [-0.1, -0.05) is 0 Å². The molecule has 3 aliphatic heterocycles. The van der Waals surface area contributed by atoms with Crippen molar-refractivity contribution in [1.82, 2.24) is 34.9 Å². The van der Waals surface area contributed by atoms with Gasteiger partial charge in [-0.15, -0.1) is 0 Å². The molecule has 1 spiro atoms. The van der Waals surface area contributed by atoms with Crippen LogP contribution in [0, 0.1) is 0 Å². The first kappa shape index (κ1) is 45.8. The molecule has 1 atom stereocenters. The molecule has 2 aromatic heterocycles. The van der Waals surface area contributed by atoms with Crippen molar-refractivity contribution in [1.29, 1.82) is 0 Å². The second kappa shape index (κ2) is 20.1.